The molecule has 30 heavy (non-hydrogen) atoms. The molecule has 2 heterocycles. The number of likely N-dealkylation sites (tertiary alicyclic amines) is 1. The maximum absolute atomic E-state index is 12.2. The Kier molecular flexibility index (Phi) is 6.09. The Hall–Kier alpha value is -3.19. The smallest absolute Gasteiger partial charge is 0.253 e. The molecule has 3 aromatic rings. The summed E-state index contributed by atoms with van der Waals surface area (Å²) in [5.74, 6) is 0.817. The third-order valence-corrected chi connectivity index (χ3v) is 5.68. The highest BCUT2D eigenvalue weighted by Crippen LogP contribution is 2.28. The largest absolute Gasteiger partial charge is 0.497 e. The predicted octanol–water partition coefficient (Wildman–Crippen LogP) is 2.55. The topological polar surface area (TPSA) is 83.6 Å². The fraction of sp³-hybridized carbons (Fsp3) is 0.348. The molecule has 156 valence electrons. The van der Waals surface area contributed by atoms with Gasteiger partial charge in [-0.05, 0) is 61.3 Å². The van der Waals surface area contributed by atoms with Crippen molar-refractivity contribution in [3.63, 3.8) is 0 Å². The summed E-state index contributed by atoms with van der Waals surface area (Å²) in [7, 11) is 1.65. The molecule has 0 radical (unpaired) electrons. The molecule has 7 nitrogen and oxygen atoms in total. The van der Waals surface area contributed by atoms with E-state index in [1.807, 2.05) is 24.3 Å². The van der Waals surface area contributed by atoms with Gasteiger partial charge >= 0.3 is 0 Å². The maximum Gasteiger partial charge on any atom is 0.253 e. The van der Waals surface area contributed by atoms with E-state index in [0.29, 0.717) is 24.5 Å². The molecule has 1 saturated heterocycles. The molecule has 0 spiro atoms. The number of hydrogen-bond donors (Lipinski definition) is 2. The van der Waals surface area contributed by atoms with Gasteiger partial charge in [-0.3, -0.25) is 19.5 Å². The highest BCUT2D eigenvalue weighted by atomic mass is 16.5. The Labute approximate surface area is 175 Å². The SMILES string of the molecule is COc1ccc(C(CNc2c(NCc3ccncc3)c(=O)c2=O)N2CCCC2)cc1. The Balaban J connectivity index is 1.47. The van der Waals surface area contributed by atoms with Gasteiger partial charge in [0.05, 0.1) is 13.2 Å². The first kappa shape index (κ1) is 20.1. The number of hydrogen-bond acceptors (Lipinski definition) is 7. The number of rotatable bonds is 9. The second-order valence-corrected chi connectivity index (χ2v) is 7.53. The third-order valence-electron chi connectivity index (χ3n) is 5.68. The molecule has 1 aromatic heterocycles. The van der Waals surface area contributed by atoms with E-state index in [9.17, 15) is 9.59 Å². The number of methoxy groups -OCH3 is 1. The van der Waals surface area contributed by atoms with Gasteiger partial charge in [-0.15, -0.1) is 0 Å². The average Bonchev–Trinajstić information content (AvgIpc) is 3.33. The summed E-state index contributed by atoms with van der Waals surface area (Å²) >= 11 is 0. The minimum absolute atomic E-state index is 0.121. The van der Waals surface area contributed by atoms with Crippen molar-refractivity contribution in [2.45, 2.75) is 25.4 Å². The van der Waals surface area contributed by atoms with E-state index in [-0.39, 0.29) is 6.04 Å². The second-order valence-electron chi connectivity index (χ2n) is 7.53. The van der Waals surface area contributed by atoms with Gasteiger partial charge < -0.3 is 15.4 Å². The molecule has 1 unspecified atom stereocenters. The molecule has 0 bridgehead atoms. The summed E-state index contributed by atoms with van der Waals surface area (Å²) in [4.78, 5) is 30.7. The zero-order valence-electron chi connectivity index (χ0n) is 17.1. The van der Waals surface area contributed by atoms with E-state index in [1.54, 1.807) is 19.5 Å². The molecule has 0 saturated carbocycles. The standard InChI is InChI=1S/C23H26N4O3/c1-30-18-6-4-17(5-7-18)19(27-12-2-3-13-27)15-26-21-20(22(28)23(21)29)25-14-16-8-10-24-11-9-16/h4-11,19,25-26H,2-3,12-15H2,1H3. The zero-order chi connectivity index (χ0) is 20.9. The van der Waals surface area contributed by atoms with Crippen molar-refractivity contribution in [2.75, 3.05) is 37.4 Å². The van der Waals surface area contributed by atoms with Gasteiger partial charge in [-0.1, -0.05) is 12.1 Å². The van der Waals surface area contributed by atoms with E-state index in [0.717, 1.165) is 30.0 Å². The first-order chi connectivity index (χ1) is 14.7. The number of nitrogens with one attached hydrogen (secondary N) is 2. The fourth-order valence-corrected chi connectivity index (χ4v) is 3.96. The molecule has 1 aliphatic heterocycles. The van der Waals surface area contributed by atoms with Crippen LogP contribution in [0, 0.1) is 0 Å². The average molecular weight is 406 g/mol. The van der Waals surface area contributed by atoms with Crippen LogP contribution in [0.3, 0.4) is 0 Å². The molecule has 0 aliphatic carbocycles. The van der Waals surface area contributed by atoms with Crippen molar-refractivity contribution in [1.82, 2.24) is 9.88 Å². The number of anilines is 2. The molecule has 2 aromatic carbocycles. The molecule has 2 N–H and O–H groups in total. The summed E-state index contributed by atoms with van der Waals surface area (Å²) in [6, 6.07) is 11.9. The van der Waals surface area contributed by atoms with E-state index in [2.05, 4.69) is 32.7 Å². The van der Waals surface area contributed by atoms with Crippen LogP contribution in [0.4, 0.5) is 11.4 Å². The fourth-order valence-electron chi connectivity index (χ4n) is 3.96. The van der Waals surface area contributed by atoms with E-state index < -0.39 is 10.9 Å². The van der Waals surface area contributed by atoms with Crippen molar-refractivity contribution < 1.29 is 4.74 Å². The predicted molar refractivity (Wildman–Crippen MR) is 118 cm³/mol. The quantitative estimate of drug-likeness (QED) is 0.529. The maximum atomic E-state index is 12.2. The Morgan fingerprint density at radius 1 is 0.967 bits per heavy atom. The van der Waals surface area contributed by atoms with Gasteiger partial charge in [0.2, 0.25) is 0 Å². The number of nitrogens with zero attached hydrogens (tertiary/aromatic N) is 2. The monoisotopic (exact) mass is 406 g/mol. The van der Waals surface area contributed by atoms with Crippen LogP contribution in [0.2, 0.25) is 0 Å². The van der Waals surface area contributed by atoms with Gasteiger partial charge in [0, 0.05) is 25.5 Å². The summed E-state index contributed by atoms with van der Waals surface area (Å²) in [5, 5.41) is 6.35. The van der Waals surface area contributed by atoms with Crippen LogP contribution in [0.25, 0.3) is 0 Å². The molecule has 1 atom stereocenters. The number of ether oxygens (including phenoxy) is 1. The Morgan fingerprint density at radius 2 is 1.60 bits per heavy atom. The van der Waals surface area contributed by atoms with E-state index in [4.69, 9.17) is 4.74 Å². The van der Waals surface area contributed by atoms with Gasteiger partial charge in [-0.25, -0.2) is 0 Å². The zero-order valence-corrected chi connectivity index (χ0v) is 17.1. The molecular weight excluding hydrogens is 380 g/mol. The van der Waals surface area contributed by atoms with Crippen LogP contribution in [-0.4, -0.2) is 36.6 Å². The van der Waals surface area contributed by atoms with Crippen LogP contribution < -0.4 is 26.2 Å². The van der Waals surface area contributed by atoms with Crippen LogP contribution in [0.1, 0.15) is 30.0 Å². The van der Waals surface area contributed by atoms with E-state index in [1.165, 1.54) is 12.8 Å². The number of benzene rings is 1. The van der Waals surface area contributed by atoms with Crippen molar-refractivity contribution in [3.05, 3.63) is 80.4 Å². The summed E-state index contributed by atoms with van der Waals surface area (Å²) in [6.07, 6.45) is 5.75. The lowest BCUT2D eigenvalue weighted by Gasteiger charge is -2.29. The van der Waals surface area contributed by atoms with Crippen LogP contribution in [-0.2, 0) is 6.54 Å². The summed E-state index contributed by atoms with van der Waals surface area (Å²) < 4.78 is 5.27. The summed E-state index contributed by atoms with van der Waals surface area (Å²) in [5.41, 5.74) is 1.99. The lowest BCUT2D eigenvalue weighted by Crippen LogP contribution is -2.39. The molecule has 1 fully saturated rings. The van der Waals surface area contributed by atoms with Crippen molar-refractivity contribution in [2.24, 2.45) is 0 Å². The molecule has 7 heteroatoms. The molecule has 1 aliphatic rings. The van der Waals surface area contributed by atoms with Crippen molar-refractivity contribution >= 4 is 11.4 Å². The highest BCUT2D eigenvalue weighted by molar-refractivity contribution is 5.74. The van der Waals surface area contributed by atoms with E-state index >= 15 is 0 Å². The highest BCUT2D eigenvalue weighted by Gasteiger charge is 2.26. The first-order valence-corrected chi connectivity index (χ1v) is 10.3. The van der Waals surface area contributed by atoms with Gasteiger partial charge in [0.25, 0.3) is 10.9 Å². The lowest BCUT2D eigenvalue weighted by atomic mass is 10.0. The van der Waals surface area contributed by atoms with Crippen LogP contribution >= 0.6 is 0 Å². The number of aromatic nitrogens is 1. The first-order valence-electron chi connectivity index (χ1n) is 10.3. The van der Waals surface area contributed by atoms with Gasteiger partial charge in [-0.2, -0.15) is 0 Å². The van der Waals surface area contributed by atoms with Crippen molar-refractivity contribution in [3.8, 4) is 5.75 Å². The molecular formula is C23H26N4O3. The third kappa shape index (κ3) is 4.21. The van der Waals surface area contributed by atoms with Crippen LogP contribution in [0.15, 0.2) is 58.4 Å². The Morgan fingerprint density at radius 3 is 2.23 bits per heavy atom. The minimum Gasteiger partial charge on any atom is -0.497 e. The van der Waals surface area contributed by atoms with Gasteiger partial charge in [0.15, 0.2) is 0 Å². The minimum atomic E-state index is -0.464. The number of pyridine rings is 1. The normalized spacial score (nSPS) is 15.2. The van der Waals surface area contributed by atoms with Crippen LogP contribution in [0.5, 0.6) is 5.75 Å². The second kappa shape index (κ2) is 9.09. The Bertz CT molecular complexity index is 1040. The molecule has 4 rings (SSSR count). The molecule has 0 amide bonds. The lowest BCUT2D eigenvalue weighted by molar-refractivity contribution is 0.256. The van der Waals surface area contributed by atoms with Gasteiger partial charge in [0.1, 0.15) is 17.1 Å². The summed E-state index contributed by atoms with van der Waals surface area (Å²) in [6.45, 7) is 3.08. The van der Waals surface area contributed by atoms with Crippen molar-refractivity contribution in [1.29, 1.82) is 0 Å².